The van der Waals surface area contributed by atoms with E-state index in [9.17, 15) is 9.59 Å². The number of carbonyl (C=O) groups is 1. The fourth-order valence-electron chi connectivity index (χ4n) is 3.62. The van der Waals surface area contributed by atoms with Gasteiger partial charge < -0.3 is 5.32 Å². The monoisotopic (exact) mass is 409 g/mol. The Morgan fingerprint density at radius 1 is 0.839 bits per heavy atom. The van der Waals surface area contributed by atoms with Gasteiger partial charge in [-0.2, -0.15) is 5.10 Å². The number of hydrogen-bond acceptors (Lipinski definition) is 3. The first-order chi connectivity index (χ1) is 15.1. The van der Waals surface area contributed by atoms with E-state index in [1.54, 1.807) is 7.05 Å². The predicted octanol–water partition coefficient (Wildman–Crippen LogP) is 4.61. The molecule has 0 aliphatic heterocycles. The molecule has 154 valence electrons. The minimum atomic E-state index is -0.434. The van der Waals surface area contributed by atoms with E-state index in [2.05, 4.69) is 10.4 Å². The Balaban J connectivity index is 1.90. The van der Waals surface area contributed by atoms with Crippen molar-refractivity contribution in [2.45, 2.75) is 13.0 Å². The van der Waals surface area contributed by atoms with Gasteiger partial charge in [-0.3, -0.25) is 9.59 Å². The summed E-state index contributed by atoms with van der Waals surface area (Å²) in [6, 6.07) is 28.5. The zero-order chi connectivity index (χ0) is 21.8. The van der Waals surface area contributed by atoms with Crippen molar-refractivity contribution in [3.05, 3.63) is 112 Å². The normalized spacial score (nSPS) is 11.7. The highest BCUT2D eigenvalue weighted by Crippen LogP contribution is 2.32. The molecule has 3 aromatic carbocycles. The van der Waals surface area contributed by atoms with E-state index in [-0.39, 0.29) is 11.6 Å². The number of benzene rings is 3. The van der Waals surface area contributed by atoms with E-state index >= 15 is 0 Å². The van der Waals surface area contributed by atoms with Crippen molar-refractivity contribution in [1.29, 1.82) is 0 Å². The summed E-state index contributed by atoms with van der Waals surface area (Å²) in [5.74, 6) is -0.421. The van der Waals surface area contributed by atoms with Crippen LogP contribution in [-0.2, 0) is 7.05 Å². The molecule has 4 rings (SSSR count). The number of rotatable bonds is 5. The van der Waals surface area contributed by atoms with Gasteiger partial charge in [-0.25, -0.2) is 4.68 Å². The number of aryl methyl sites for hydroxylation is 1. The van der Waals surface area contributed by atoms with Gasteiger partial charge >= 0.3 is 0 Å². The maximum atomic E-state index is 13.4. The maximum Gasteiger partial charge on any atom is 0.280 e. The summed E-state index contributed by atoms with van der Waals surface area (Å²) in [5, 5.41) is 7.51. The van der Waals surface area contributed by atoms with Crippen LogP contribution in [0.25, 0.3) is 22.4 Å². The highest BCUT2D eigenvalue weighted by molar-refractivity contribution is 6.03. The lowest BCUT2D eigenvalue weighted by Gasteiger charge is -2.18. The van der Waals surface area contributed by atoms with Gasteiger partial charge in [0.25, 0.3) is 11.5 Å². The summed E-state index contributed by atoms with van der Waals surface area (Å²) in [5.41, 5.74) is 3.35. The number of aromatic nitrogens is 2. The molecule has 0 bridgehead atoms. The third-order valence-electron chi connectivity index (χ3n) is 5.23. The van der Waals surface area contributed by atoms with Crippen LogP contribution in [-0.4, -0.2) is 15.7 Å². The van der Waals surface area contributed by atoms with Gasteiger partial charge in [0.2, 0.25) is 0 Å². The minimum absolute atomic E-state index is 0.0883. The van der Waals surface area contributed by atoms with Crippen molar-refractivity contribution in [3.63, 3.8) is 0 Å². The molecule has 1 unspecified atom stereocenters. The summed E-state index contributed by atoms with van der Waals surface area (Å²) in [4.78, 5) is 26.6. The molecule has 0 fully saturated rings. The fraction of sp³-hybridized carbons (Fsp3) is 0.115. The van der Waals surface area contributed by atoms with Crippen LogP contribution in [0.1, 0.15) is 28.9 Å². The van der Waals surface area contributed by atoms with E-state index in [4.69, 9.17) is 0 Å². The van der Waals surface area contributed by atoms with Gasteiger partial charge in [0.05, 0.1) is 11.7 Å². The van der Waals surface area contributed by atoms with Gasteiger partial charge in [0, 0.05) is 18.2 Å². The zero-order valence-electron chi connectivity index (χ0n) is 17.4. The first-order valence-corrected chi connectivity index (χ1v) is 10.1. The van der Waals surface area contributed by atoms with Crippen molar-refractivity contribution >= 4 is 5.91 Å². The second-order valence-corrected chi connectivity index (χ2v) is 7.37. The smallest absolute Gasteiger partial charge is 0.280 e. The van der Waals surface area contributed by atoms with Gasteiger partial charge in [-0.1, -0.05) is 91.0 Å². The Kier molecular flexibility index (Phi) is 5.76. The third kappa shape index (κ3) is 4.16. The summed E-state index contributed by atoms with van der Waals surface area (Å²) >= 11 is 0. The molecule has 0 aliphatic carbocycles. The number of carbonyl (C=O) groups excluding carboxylic acids is 1. The molecule has 1 amide bonds. The van der Waals surface area contributed by atoms with Gasteiger partial charge in [0.1, 0.15) is 5.56 Å². The summed E-state index contributed by atoms with van der Waals surface area (Å²) in [6.07, 6.45) is 0. The summed E-state index contributed by atoms with van der Waals surface area (Å²) in [7, 11) is 1.57. The molecule has 0 saturated carbocycles. The van der Waals surface area contributed by atoms with Crippen LogP contribution < -0.4 is 10.9 Å². The average molecular weight is 409 g/mol. The SMILES string of the molecule is CC(NC(=O)c1c(-c2ccccc2)c(-c2ccccc2)nn(C)c1=O)c1ccccc1. The van der Waals surface area contributed by atoms with Crippen LogP contribution >= 0.6 is 0 Å². The number of nitrogens with zero attached hydrogens (tertiary/aromatic N) is 2. The minimum Gasteiger partial charge on any atom is -0.345 e. The molecule has 5 nitrogen and oxygen atoms in total. The van der Waals surface area contributed by atoms with Crippen LogP contribution in [0.5, 0.6) is 0 Å². The molecule has 0 aliphatic rings. The topological polar surface area (TPSA) is 64.0 Å². The lowest BCUT2D eigenvalue weighted by molar-refractivity contribution is 0.0938. The molecule has 1 heterocycles. The lowest BCUT2D eigenvalue weighted by Crippen LogP contribution is -2.35. The second kappa shape index (κ2) is 8.79. The summed E-state index contributed by atoms with van der Waals surface area (Å²) in [6.45, 7) is 1.90. The Bertz CT molecular complexity index is 1250. The number of nitrogens with one attached hydrogen (secondary N) is 1. The first kappa shape index (κ1) is 20.3. The van der Waals surface area contributed by atoms with Crippen molar-refractivity contribution in [3.8, 4) is 22.4 Å². The standard InChI is InChI=1S/C26H23N3O2/c1-18(19-12-6-3-7-13-19)27-25(30)23-22(20-14-8-4-9-15-20)24(28-29(2)26(23)31)21-16-10-5-11-17-21/h3-18H,1-2H3,(H,27,30). The van der Waals surface area contributed by atoms with Crippen LogP contribution in [0.15, 0.2) is 95.8 Å². The van der Waals surface area contributed by atoms with E-state index in [1.807, 2.05) is 97.9 Å². The van der Waals surface area contributed by atoms with Crippen LogP contribution in [0.2, 0.25) is 0 Å². The zero-order valence-corrected chi connectivity index (χ0v) is 17.4. The molecular formula is C26H23N3O2. The largest absolute Gasteiger partial charge is 0.345 e. The van der Waals surface area contributed by atoms with Gasteiger partial charge in [0.15, 0.2) is 0 Å². The van der Waals surface area contributed by atoms with Crippen LogP contribution in [0.3, 0.4) is 0 Å². The van der Waals surface area contributed by atoms with Gasteiger partial charge in [-0.15, -0.1) is 0 Å². The van der Waals surface area contributed by atoms with Gasteiger partial charge in [-0.05, 0) is 18.1 Å². The van der Waals surface area contributed by atoms with E-state index in [0.717, 1.165) is 16.7 Å². The molecule has 0 spiro atoms. The molecule has 31 heavy (non-hydrogen) atoms. The lowest BCUT2D eigenvalue weighted by atomic mass is 9.95. The van der Waals surface area contributed by atoms with E-state index in [0.29, 0.717) is 11.3 Å². The highest BCUT2D eigenvalue weighted by atomic mass is 16.2. The Morgan fingerprint density at radius 3 is 1.94 bits per heavy atom. The third-order valence-corrected chi connectivity index (χ3v) is 5.23. The Morgan fingerprint density at radius 2 is 1.35 bits per heavy atom. The van der Waals surface area contributed by atoms with Crippen molar-refractivity contribution < 1.29 is 4.79 Å². The average Bonchev–Trinajstić information content (AvgIpc) is 2.82. The van der Waals surface area contributed by atoms with Crippen LogP contribution in [0, 0.1) is 0 Å². The Hall–Kier alpha value is -3.99. The highest BCUT2D eigenvalue weighted by Gasteiger charge is 2.25. The summed E-state index contributed by atoms with van der Waals surface area (Å²) < 4.78 is 1.23. The number of amides is 1. The Labute approximate surface area is 181 Å². The van der Waals surface area contributed by atoms with Crippen molar-refractivity contribution in [2.75, 3.05) is 0 Å². The first-order valence-electron chi connectivity index (χ1n) is 10.1. The van der Waals surface area contributed by atoms with E-state index in [1.165, 1.54) is 4.68 Å². The van der Waals surface area contributed by atoms with Crippen molar-refractivity contribution in [2.24, 2.45) is 7.05 Å². The molecule has 1 atom stereocenters. The fourth-order valence-corrected chi connectivity index (χ4v) is 3.62. The van der Waals surface area contributed by atoms with Crippen LogP contribution in [0.4, 0.5) is 0 Å². The second-order valence-electron chi connectivity index (χ2n) is 7.37. The molecule has 0 radical (unpaired) electrons. The molecule has 0 saturated heterocycles. The molecule has 5 heteroatoms. The quantitative estimate of drug-likeness (QED) is 0.524. The number of hydrogen-bond donors (Lipinski definition) is 1. The molecule has 4 aromatic rings. The van der Waals surface area contributed by atoms with Crippen molar-refractivity contribution in [1.82, 2.24) is 15.1 Å². The molecular weight excluding hydrogens is 386 g/mol. The molecule has 1 N–H and O–H groups in total. The maximum absolute atomic E-state index is 13.4. The molecule has 1 aromatic heterocycles. The van der Waals surface area contributed by atoms with E-state index < -0.39 is 11.5 Å². The predicted molar refractivity (Wildman–Crippen MR) is 123 cm³/mol.